The van der Waals surface area contributed by atoms with Crippen LogP contribution in [0.15, 0.2) is 17.4 Å². The van der Waals surface area contributed by atoms with Gasteiger partial charge in [0.1, 0.15) is 12.4 Å². The van der Waals surface area contributed by atoms with Crippen LogP contribution in [0.25, 0.3) is 0 Å². The molecule has 2 rings (SSSR count). The van der Waals surface area contributed by atoms with Crippen LogP contribution in [-0.4, -0.2) is 40.0 Å². The highest BCUT2D eigenvalue weighted by Crippen LogP contribution is 2.15. The summed E-state index contributed by atoms with van der Waals surface area (Å²) in [5, 5.41) is 3.43. The molecule has 0 amide bonds. The minimum absolute atomic E-state index is 0. The van der Waals surface area contributed by atoms with E-state index in [2.05, 4.69) is 53.7 Å². The number of rotatable bonds is 5. The Bertz CT molecular complexity index is 483. The lowest BCUT2D eigenvalue weighted by atomic mass is 10.0. The molecule has 23 heavy (non-hydrogen) atoms. The highest BCUT2D eigenvalue weighted by atomic mass is 127. The van der Waals surface area contributed by atoms with Crippen LogP contribution in [0.1, 0.15) is 46.4 Å². The SMILES string of the molecule is CCNC(=NCc1nccn1CC(C)C)N1CCCC(C)C1.I. The van der Waals surface area contributed by atoms with E-state index in [1.165, 1.54) is 12.8 Å². The van der Waals surface area contributed by atoms with Crippen LogP contribution >= 0.6 is 24.0 Å². The quantitative estimate of drug-likeness (QED) is 0.440. The van der Waals surface area contributed by atoms with Crippen LogP contribution in [0.5, 0.6) is 0 Å². The van der Waals surface area contributed by atoms with Crippen LogP contribution in [0.2, 0.25) is 0 Å². The van der Waals surface area contributed by atoms with E-state index in [1.807, 2.05) is 6.20 Å². The van der Waals surface area contributed by atoms with E-state index >= 15 is 0 Å². The lowest BCUT2D eigenvalue weighted by molar-refractivity contribution is 0.266. The molecule has 5 nitrogen and oxygen atoms in total. The molecule has 0 spiro atoms. The molecule has 6 heteroatoms. The third-order valence-electron chi connectivity index (χ3n) is 4.03. The van der Waals surface area contributed by atoms with E-state index in [0.29, 0.717) is 12.5 Å². The third kappa shape index (κ3) is 6.31. The summed E-state index contributed by atoms with van der Waals surface area (Å²) in [6.07, 6.45) is 6.52. The Kier molecular flexibility index (Phi) is 8.94. The van der Waals surface area contributed by atoms with Gasteiger partial charge < -0.3 is 14.8 Å². The lowest BCUT2D eigenvalue weighted by Gasteiger charge is -2.33. The number of hydrogen-bond donors (Lipinski definition) is 1. The van der Waals surface area contributed by atoms with E-state index in [4.69, 9.17) is 4.99 Å². The number of aliphatic imine (C=N–C) groups is 1. The highest BCUT2D eigenvalue weighted by molar-refractivity contribution is 14.0. The van der Waals surface area contributed by atoms with Crippen LogP contribution in [0, 0.1) is 11.8 Å². The Morgan fingerprint density at radius 1 is 1.48 bits per heavy atom. The first-order valence-electron chi connectivity index (χ1n) is 8.63. The highest BCUT2D eigenvalue weighted by Gasteiger charge is 2.19. The van der Waals surface area contributed by atoms with Crippen LogP contribution in [-0.2, 0) is 13.1 Å². The number of likely N-dealkylation sites (tertiary alicyclic amines) is 1. The number of aromatic nitrogens is 2. The number of piperidine rings is 1. The maximum atomic E-state index is 4.83. The van der Waals surface area contributed by atoms with Gasteiger partial charge in [-0.1, -0.05) is 20.8 Å². The Morgan fingerprint density at radius 2 is 2.26 bits per heavy atom. The normalized spacial score (nSPS) is 18.9. The molecule has 1 aliphatic rings. The van der Waals surface area contributed by atoms with Crippen LogP contribution in [0.3, 0.4) is 0 Å². The van der Waals surface area contributed by atoms with Crippen molar-refractivity contribution < 1.29 is 0 Å². The average molecular weight is 433 g/mol. The van der Waals surface area contributed by atoms with Crippen molar-refractivity contribution in [2.75, 3.05) is 19.6 Å². The number of imidazole rings is 1. The molecular formula is C17H32IN5. The first-order valence-corrected chi connectivity index (χ1v) is 8.63. The van der Waals surface area contributed by atoms with Crippen molar-refractivity contribution in [3.05, 3.63) is 18.2 Å². The van der Waals surface area contributed by atoms with Gasteiger partial charge in [0.05, 0.1) is 0 Å². The Labute approximate surface area is 158 Å². The first-order chi connectivity index (χ1) is 10.6. The van der Waals surface area contributed by atoms with E-state index in [9.17, 15) is 0 Å². The van der Waals surface area contributed by atoms with Gasteiger partial charge in [-0.25, -0.2) is 9.98 Å². The van der Waals surface area contributed by atoms with Gasteiger partial charge in [-0.3, -0.25) is 0 Å². The average Bonchev–Trinajstić information content (AvgIpc) is 2.90. The molecule has 2 heterocycles. The molecule has 0 saturated carbocycles. The zero-order valence-corrected chi connectivity index (χ0v) is 17.3. The summed E-state index contributed by atoms with van der Waals surface area (Å²) < 4.78 is 2.22. The summed E-state index contributed by atoms with van der Waals surface area (Å²) in [6, 6.07) is 0. The lowest BCUT2D eigenvalue weighted by Crippen LogP contribution is -2.46. The summed E-state index contributed by atoms with van der Waals surface area (Å²) in [4.78, 5) is 11.7. The topological polar surface area (TPSA) is 45.5 Å². The van der Waals surface area contributed by atoms with E-state index in [1.54, 1.807) is 0 Å². The third-order valence-corrected chi connectivity index (χ3v) is 4.03. The summed E-state index contributed by atoms with van der Waals surface area (Å²) in [5.41, 5.74) is 0. The van der Waals surface area contributed by atoms with Gasteiger partial charge in [0.25, 0.3) is 0 Å². The van der Waals surface area contributed by atoms with Crippen molar-refractivity contribution in [3.63, 3.8) is 0 Å². The number of guanidine groups is 1. The fraction of sp³-hybridized carbons (Fsp3) is 0.765. The first kappa shape index (κ1) is 20.3. The Morgan fingerprint density at radius 3 is 2.91 bits per heavy atom. The molecule has 0 radical (unpaired) electrons. The summed E-state index contributed by atoms with van der Waals surface area (Å²) >= 11 is 0. The summed E-state index contributed by atoms with van der Waals surface area (Å²) in [7, 11) is 0. The number of halogens is 1. The molecule has 0 bridgehead atoms. The zero-order valence-electron chi connectivity index (χ0n) is 15.0. The predicted octanol–water partition coefficient (Wildman–Crippen LogP) is 3.35. The molecule has 132 valence electrons. The molecular weight excluding hydrogens is 401 g/mol. The van der Waals surface area contributed by atoms with Crippen molar-refractivity contribution in [1.29, 1.82) is 0 Å². The van der Waals surface area contributed by atoms with E-state index < -0.39 is 0 Å². The fourth-order valence-electron chi connectivity index (χ4n) is 3.00. The molecule has 1 aromatic heterocycles. The standard InChI is InChI=1S/C17H31N5.HI/c1-5-18-17(22-9-6-7-15(4)13-22)20-11-16-19-8-10-21(16)12-14(2)3;/h8,10,14-15H,5-7,9,11-13H2,1-4H3,(H,18,20);1H. The second-order valence-corrected chi connectivity index (χ2v) is 6.75. The van der Waals surface area contributed by atoms with Crippen molar-refractivity contribution in [1.82, 2.24) is 19.8 Å². The van der Waals surface area contributed by atoms with E-state index in [-0.39, 0.29) is 24.0 Å². The largest absolute Gasteiger partial charge is 0.357 e. The number of nitrogens with one attached hydrogen (secondary N) is 1. The number of nitrogens with zero attached hydrogens (tertiary/aromatic N) is 4. The second kappa shape index (κ2) is 10.2. The maximum absolute atomic E-state index is 4.83. The van der Waals surface area contributed by atoms with Gasteiger partial charge in [0.15, 0.2) is 5.96 Å². The molecule has 1 aromatic rings. The van der Waals surface area contributed by atoms with Crippen molar-refractivity contribution in [2.24, 2.45) is 16.8 Å². The molecule has 1 saturated heterocycles. The van der Waals surface area contributed by atoms with Gasteiger partial charge in [-0.05, 0) is 31.6 Å². The van der Waals surface area contributed by atoms with Crippen LogP contribution in [0.4, 0.5) is 0 Å². The molecule has 1 atom stereocenters. The van der Waals surface area contributed by atoms with Crippen molar-refractivity contribution in [2.45, 2.75) is 53.6 Å². The summed E-state index contributed by atoms with van der Waals surface area (Å²) in [6.45, 7) is 13.7. The number of hydrogen-bond acceptors (Lipinski definition) is 2. The minimum atomic E-state index is 0. The monoisotopic (exact) mass is 433 g/mol. The summed E-state index contributed by atoms with van der Waals surface area (Å²) in [5.74, 6) is 3.45. The van der Waals surface area contributed by atoms with Gasteiger partial charge in [0.2, 0.25) is 0 Å². The van der Waals surface area contributed by atoms with Crippen LogP contribution < -0.4 is 5.32 Å². The van der Waals surface area contributed by atoms with Gasteiger partial charge in [-0.15, -0.1) is 24.0 Å². The Balaban J connectivity index is 0.00000264. The maximum Gasteiger partial charge on any atom is 0.194 e. The molecule has 0 aromatic carbocycles. The molecule has 1 aliphatic heterocycles. The van der Waals surface area contributed by atoms with Gasteiger partial charge in [0, 0.05) is 38.6 Å². The minimum Gasteiger partial charge on any atom is -0.357 e. The molecule has 1 fully saturated rings. The van der Waals surface area contributed by atoms with E-state index in [0.717, 1.165) is 43.9 Å². The Hall–Kier alpha value is -0.790. The smallest absolute Gasteiger partial charge is 0.194 e. The van der Waals surface area contributed by atoms with Crippen molar-refractivity contribution in [3.8, 4) is 0 Å². The molecule has 0 aliphatic carbocycles. The zero-order chi connectivity index (χ0) is 15.9. The van der Waals surface area contributed by atoms with Gasteiger partial charge in [-0.2, -0.15) is 0 Å². The predicted molar refractivity (Wildman–Crippen MR) is 107 cm³/mol. The van der Waals surface area contributed by atoms with Gasteiger partial charge >= 0.3 is 0 Å². The van der Waals surface area contributed by atoms with Crippen molar-refractivity contribution >= 4 is 29.9 Å². The fourth-order valence-corrected chi connectivity index (χ4v) is 3.00. The molecule has 1 unspecified atom stereocenters. The molecule has 1 N–H and O–H groups in total. The second-order valence-electron chi connectivity index (χ2n) is 6.75.